The highest BCUT2D eigenvalue weighted by atomic mass is 32.2. The van der Waals surface area contributed by atoms with Gasteiger partial charge >= 0.3 is 0 Å². The minimum atomic E-state index is -0.843. The first kappa shape index (κ1) is 11.7. The predicted molar refractivity (Wildman–Crippen MR) is 51.1 cm³/mol. The molecule has 0 saturated carbocycles. The van der Waals surface area contributed by atoms with Crippen molar-refractivity contribution < 1.29 is 9.90 Å². The van der Waals surface area contributed by atoms with Crippen molar-refractivity contribution in [3.8, 4) is 0 Å². The summed E-state index contributed by atoms with van der Waals surface area (Å²) in [5, 5.41) is 12.1. The van der Waals surface area contributed by atoms with Crippen LogP contribution in [0.3, 0.4) is 0 Å². The molecule has 0 aromatic carbocycles. The van der Waals surface area contributed by atoms with Gasteiger partial charge in [-0.25, -0.2) is 0 Å². The van der Waals surface area contributed by atoms with Crippen LogP contribution in [0.2, 0.25) is 0 Å². The molecule has 0 aliphatic rings. The minimum absolute atomic E-state index is 0.0324. The van der Waals surface area contributed by atoms with Crippen molar-refractivity contribution in [1.82, 2.24) is 5.32 Å². The number of hydrogen-bond donors (Lipinski definition) is 3. The molecule has 0 heterocycles. The summed E-state index contributed by atoms with van der Waals surface area (Å²) >= 11 is 1.54. The Labute approximate surface area is 76.9 Å². The molecule has 0 aromatic heterocycles. The lowest BCUT2D eigenvalue weighted by atomic mass is 10.1. The number of hydrogen-bond acceptors (Lipinski definition) is 4. The molecule has 0 fully saturated rings. The fraction of sp³-hybridized carbons (Fsp3) is 0.857. The van der Waals surface area contributed by atoms with E-state index in [1.165, 1.54) is 11.8 Å². The van der Waals surface area contributed by atoms with Crippen molar-refractivity contribution in [2.45, 2.75) is 12.5 Å². The first-order chi connectivity index (χ1) is 5.52. The molecule has 0 rings (SSSR count). The van der Waals surface area contributed by atoms with E-state index in [2.05, 4.69) is 5.32 Å². The average Bonchev–Trinajstić information content (AvgIpc) is 2.00. The van der Waals surface area contributed by atoms with Crippen LogP contribution in [-0.2, 0) is 4.79 Å². The molecule has 1 unspecified atom stereocenters. The second kappa shape index (κ2) is 5.40. The average molecular weight is 192 g/mol. The van der Waals surface area contributed by atoms with E-state index in [9.17, 15) is 9.90 Å². The highest BCUT2D eigenvalue weighted by Gasteiger charge is 2.19. The SMILES string of the molecule is CSCC(C)(O)CNC(=O)CN. The third-order valence-corrected chi connectivity index (χ3v) is 2.22. The monoisotopic (exact) mass is 192 g/mol. The molecule has 0 spiro atoms. The lowest BCUT2D eigenvalue weighted by Crippen LogP contribution is -2.44. The van der Waals surface area contributed by atoms with Gasteiger partial charge in [0.25, 0.3) is 0 Å². The van der Waals surface area contributed by atoms with Crippen molar-refractivity contribution in [2.24, 2.45) is 5.73 Å². The molecule has 0 aromatic rings. The van der Waals surface area contributed by atoms with E-state index in [4.69, 9.17) is 5.73 Å². The van der Waals surface area contributed by atoms with Crippen LogP contribution in [-0.4, -0.2) is 41.7 Å². The van der Waals surface area contributed by atoms with Crippen molar-refractivity contribution in [3.63, 3.8) is 0 Å². The molecule has 0 saturated heterocycles. The number of carbonyl (C=O) groups is 1. The number of nitrogens with one attached hydrogen (secondary N) is 1. The van der Waals surface area contributed by atoms with Crippen molar-refractivity contribution in [3.05, 3.63) is 0 Å². The molecular formula is C7H16N2O2S. The lowest BCUT2D eigenvalue weighted by Gasteiger charge is -2.22. The normalized spacial score (nSPS) is 15.3. The summed E-state index contributed by atoms with van der Waals surface area (Å²) in [7, 11) is 0. The summed E-state index contributed by atoms with van der Waals surface area (Å²) in [5.74, 6) is 0.356. The van der Waals surface area contributed by atoms with Crippen molar-refractivity contribution in [2.75, 3.05) is 25.1 Å². The highest BCUT2D eigenvalue weighted by Crippen LogP contribution is 2.08. The van der Waals surface area contributed by atoms with Crippen LogP contribution in [0.1, 0.15) is 6.92 Å². The van der Waals surface area contributed by atoms with E-state index >= 15 is 0 Å². The van der Waals surface area contributed by atoms with E-state index in [0.29, 0.717) is 5.75 Å². The third-order valence-electron chi connectivity index (χ3n) is 1.31. The number of nitrogens with two attached hydrogens (primary N) is 1. The zero-order valence-electron chi connectivity index (χ0n) is 7.46. The smallest absolute Gasteiger partial charge is 0.233 e. The molecule has 4 nitrogen and oxygen atoms in total. The number of rotatable bonds is 5. The van der Waals surface area contributed by atoms with Crippen LogP contribution < -0.4 is 11.1 Å². The summed E-state index contributed by atoms with van der Waals surface area (Å²) in [6, 6.07) is 0. The Balaban J connectivity index is 3.67. The second-order valence-corrected chi connectivity index (χ2v) is 3.78. The molecule has 0 aliphatic heterocycles. The number of amides is 1. The van der Waals surface area contributed by atoms with Crippen LogP contribution in [0.5, 0.6) is 0 Å². The molecule has 0 radical (unpaired) electrons. The van der Waals surface area contributed by atoms with Gasteiger partial charge in [-0.3, -0.25) is 4.79 Å². The van der Waals surface area contributed by atoms with Crippen LogP contribution in [0, 0.1) is 0 Å². The molecule has 5 heteroatoms. The number of carbonyl (C=O) groups excluding carboxylic acids is 1. The quantitative estimate of drug-likeness (QED) is 0.532. The van der Waals surface area contributed by atoms with E-state index in [1.54, 1.807) is 6.92 Å². The zero-order valence-corrected chi connectivity index (χ0v) is 8.28. The van der Waals surface area contributed by atoms with Crippen LogP contribution in [0.15, 0.2) is 0 Å². The molecule has 12 heavy (non-hydrogen) atoms. The van der Waals surface area contributed by atoms with Gasteiger partial charge in [0.1, 0.15) is 0 Å². The van der Waals surface area contributed by atoms with Gasteiger partial charge in [-0.2, -0.15) is 11.8 Å². The first-order valence-electron chi connectivity index (χ1n) is 3.70. The van der Waals surface area contributed by atoms with Gasteiger partial charge in [-0.1, -0.05) is 0 Å². The van der Waals surface area contributed by atoms with Crippen molar-refractivity contribution >= 4 is 17.7 Å². The van der Waals surface area contributed by atoms with Crippen LogP contribution in [0.25, 0.3) is 0 Å². The molecule has 0 aliphatic carbocycles. The predicted octanol–water partition coefficient (Wildman–Crippen LogP) is -0.825. The molecule has 4 N–H and O–H groups in total. The molecule has 0 bridgehead atoms. The summed E-state index contributed by atoms with van der Waals surface area (Å²) < 4.78 is 0. The summed E-state index contributed by atoms with van der Waals surface area (Å²) in [6.07, 6.45) is 1.90. The maximum Gasteiger partial charge on any atom is 0.233 e. The van der Waals surface area contributed by atoms with Gasteiger partial charge in [0.15, 0.2) is 0 Å². The molecule has 72 valence electrons. The Bertz CT molecular complexity index is 150. The van der Waals surface area contributed by atoms with Gasteiger partial charge < -0.3 is 16.2 Å². The molecule has 1 atom stereocenters. The fourth-order valence-corrected chi connectivity index (χ4v) is 1.45. The van der Waals surface area contributed by atoms with Gasteiger partial charge in [-0.05, 0) is 13.2 Å². The van der Waals surface area contributed by atoms with Crippen molar-refractivity contribution in [1.29, 1.82) is 0 Å². The van der Waals surface area contributed by atoms with E-state index in [-0.39, 0.29) is 19.0 Å². The van der Waals surface area contributed by atoms with E-state index < -0.39 is 5.60 Å². The van der Waals surface area contributed by atoms with E-state index in [1.807, 2.05) is 6.26 Å². The topological polar surface area (TPSA) is 75.3 Å². The maximum atomic E-state index is 10.7. The summed E-state index contributed by atoms with van der Waals surface area (Å²) in [6.45, 7) is 1.90. The van der Waals surface area contributed by atoms with E-state index in [0.717, 1.165) is 0 Å². The Morgan fingerprint density at radius 1 is 1.75 bits per heavy atom. The standard InChI is InChI=1S/C7H16N2O2S/c1-7(11,5-12-2)4-9-6(10)3-8/h11H,3-5,8H2,1-2H3,(H,9,10). The number of aliphatic hydroxyl groups is 1. The minimum Gasteiger partial charge on any atom is -0.387 e. The Morgan fingerprint density at radius 2 is 2.33 bits per heavy atom. The molecule has 1 amide bonds. The highest BCUT2D eigenvalue weighted by molar-refractivity contribution is 7.98. The largest absolute Gasteiger partial charge is 0.387 e. The summed E-state index contributed by atoms with van der Waals surface area (Å²) in [4.78, 5) is 10.7. The Hall–Kier alpha value is -0.260. The first-order valence-corrected chi connectivity index (χ1v) is 5.09. The van der Waals surface area contributed by atoms with Gasteiger partial charge in [0.2, 0.25) is 5.91 Å². The van der Waals surface area contributed by atoms with Crippen LogP contribution >= 0.6 is 11.8 Å². The molecular weight excluding hydrogens is 176 g/mol. The number of thioether (sulfide) groups is 1. The van der Waals surface area contributed by atoms with Gasteiger partial charge in [0.05, 0.1) is 12.1 Å². The Kier molecular flexibility index (Phi) is 5.28. The second-order valence-electron chi connectivity index (χ2n) is 2.91. The lowest BCUT2D eigenvalue weighted by molar-refractivity contribution is -0.120. The van der Waals surface area contributed by atoms with Crippen LogP contribution in [0.4, 0.5) is 0 Å². The third kappa shape index (κ3) is 5.40. The van der Waals surface area contributed by atoms with Gasteiger partial charge in [-0.15, -0.1) is 0 Å². The Morgan fingerprint density at radius 3 is 2.75 bits per heavy atom. The summed E-state index contributed by atoms with van der Waals surface area (Å²) in [5.41, 5.74) is 4.23. The zero-order chi connectivity index (χ0) is 9.61. The fourth-order valence-electron chi connectivity index (χ4n) is 0.723. The van der Waals surface area contributed by atoms with Gasteiger partial charge in [0, 0.05) is 12.3 Å². The maximum absolute atomic E-state index is 10.7.